The lowest BCUT2D eigenvalue weighted by molar-refractivity contribution is -0.139. The highest BCUT2D eigenvalue weighted by molar-refractivity contribution is 5.99. The Labute approximate surface area is 127 Å². The first-order valence-electron chi connectivity index (χ1n) is 6.85. The summed E-state index contributed by atoms with van der Waals surface area (Å²) in [4.78, 5) is 38.4. The van der Waals surface area contributed by atoms with Crippen molar-refractivity contribution in [3.8, 4) is 0 Å². The zero-order chi connectivity index (χ0) is 16.1. The van der Waals surface area contributed by atoms with Crippen LogP contribution in [0.4, 0.5) is 0 Å². The lowest BCUT2D eigenvalue weighted by Crippen LogP contribution is -2.41. The van der Waals surface area contributed by atoms with Gasteiger partial charge in [-0.05, 0) is 25.5 Å². The number of aliphatic carboxylic acids is 1. The number of carboxylic acid groups (broad SMARTS) is 1. The average molecular weight is 300 g/mol. The second-order valence-electron chi connectivity index (χ2n) is 5.02. The van der Waals surface area contributed by atoms with Crippen LogP contribution in [0.25, 0.3) is 10.9 Å². The molecule has 22 heavy (non-hydrogen) atoms. The Morgan fingerprint density at radius 1 is 1.27 bits per heavy atom. The lowest BCUT2D eigenvalue weighted by Gasteiger charge is -2.13. The standard InChI is InChI=1S/C16H16N2O4/c1-10(19)6-7-14(16(21)22)18-15(20)12-8-11-4-2-3-5-13(11)17-9-12/h2-5,8-9,14H,6-7H2,1H3,(H,18,20)(H,21,22)/t14-/m0/s1. The first-order valence-corrected chi connectivity index (χ1v) is 6.85. The largest absolute Gasteiger partial charge is 0.480 e. The minimum Gasteiger partial charge on any atom is -0.480 e. The van der Waals surface area contributed by atoms with Gasteiger partial charge in [0.1, 0.15) is 11.8 Å². The van der Waals surface area contributed by atoms with E-state index in [4.69, 9.17) is 5.11 Å². The topological polar surface area (TPSA) is 96.4 Å². The molecule has 0 fully saturated rings. The number of aromatic nitrogens is 1. The quantitative estimate of drug-likeness (QED) is 0.847. The number of nitrogens with zero attached hydrogens (tertiary/aromatic N) is 1. The molecule has 6 nitrogen and oxygen atoms in total. The molecule has 2 rings (SSSR count). The Morgan fingerprint density at radius 2 is 2.00 bits per heavy atom. The number of para-hydroxylation sites is 1. The van der Waals surface area contributed by atoms with Crippen LogP contribution in [0.15, 0.2) is 36.5 Å². The Balaban J connectivity index is 2.14. The van der Waals surface area contributed by atoms with Gasteiger partial charge in [-0.3, -0.25) is 9.78 Å². The SMILES string of the molecule is CC(=O)CC[C@H](NC(=O)c1cnc2ccccc2c1)C(=O)O. The Morgan fingerprint density at radius 3 is 2.68 bits per heavy atom. The molecule has 0 aliphatic heterocycles. The van der Waals surface area contributed by atoms with Crippen molar-refractivity contribution in [1.29, 1.82) is 0 Å². The summed E-state index contributed by atoms with van der Waals surface area (Å²) in [6, 6.07) is 7.88. The number of carbonyl (C=O) groups excluding carboxylic acids is 2. The maximum Gasteiger partial charge on any atom is 0.326 e. The number of nitrogens with one attached hydrogen (secondary N) is 1. The number of hydrogen-bond acceptors (Lipinski definition) is 4. The zero-order valence-electron chi connectivity index (χ0n) is 12.1. The van der Waals surface area contributed by atoms with E-state index < -0.39 is 17.9 Å². The highest BCUT2D eigenvalue weighted by Crippen LogP contribution is 2.13. The maximum absolute atomic E-state index is 12.1. The number of carbonyl (C=O) groups is 3. The summed E-state index contributed by atoms with van der Waals surface area (Å²) in [7, 11) is 0. The lowest BCUT2D eigenvalue weighted by atomic mass is 10.1. The second kappa shape index (κ2) is 6.80. The molecular formula is C16H16N2O4. The van der Waals surface area contributed by atoms with Gasteiger partial charge in [-0.15, -0.1) is 0 Å². The third-order valence-corrected chi connectivity index (χ3v) is 3.24. The first kappa shape index (κ1) is 15.6. The predicted octanol–water partition coefficient (Wildman–Crippen LogP) is 1.79. The van der Waals surface area contributed by atoms with Gasteiger partial charge in [-0.1, -0.05) is 18.2 Å². The summed E-state index contributed by atoms with van der Waals surface area (Å²) >= 11 is 0. The van der Waals surface area contributed by atoms with E-state index >= 15 is 0 Å². The van der Waals surface area contributed by atoms with E-state index in [9.17, 15) is 14.4 Å². The molecule has 1 amide bonds. The molecule has 1 aromatic heterocycles. The van der Waals surface area contributed by atoms with Crippen LogP contribution in [0, 0.1) is 0 Å². The van der Waals surface area contributed by atoms with Crippen LogP contribution in [-0.4, -0.2) is 33.8 Å². The van der Waals surface area contributed by atoms with Gasteiger partial charge in [0.05, 0.1) is 11.1 Å². The number of rotatable bonds is 6. The van der Waals surface area contributed by atoms with Crippen LogP contribution in [-0.2, 0) is 9.59 Å². The number of ketones is 1. The van der Waals surface area contributed by atoms with Gasteiger partial charge >= 0.3 is 5.97 Å². The highest BCUT2D eigenvalue weighted by Gasteiger charge is 2.21. The molecule has 1 aromatic carbocycles. The molecule has 0 spiro atoms. The molecule has 1 heterocycles. The van der Waals surface area contributed by atoms with Gasteiger partial charge in [-0.2, -0.15) is 0 Å². The van der Waals surface area contributed by atoms with E-state index in [1.54, 1.807) is 6.07 Å². The highest BCUT2D eigenvalue weighted by atomic mass is 16.4. The molecule has 0 radical (unpaired) electrons. The van der Waals surface area contributed by atoms with Crippen LogP contribution >= 0.6 is 0 Å². The fraction of sp³-hybridized carbons (Fsp3) is 0.250. The average Bonchev–Trinajstić information content (AvgIpc) is 2.50. The van der Waals surface area contributed by atoms with Crippen LogP contribution < -0.4 is 5.32 Å². The van der Waals surface area contributed by atoms with Crippen molar-refractivity contribution in [3.05, 3.63) is 42.1 Å². The number of hydrogen-bond donors (Lipinski definition) is 2. The van der Waals surface area contributed by atoms with E-state index in [1.165, 1.54) is 13.1 Å². The fourth-order valence-electron chi connectivity index (χ4n) is 2.04. The summed E-state index contributed by atoms with van der Waals surface area (Å²) < 4.78 is 0. The van der Waals surface area contributed by atoms with E-state index in [0.29, 0.717) is 0 Å². The summed E-state index contributed by atoms with van der Waals surface area (Å²) in [6.07, 6.45) is 1.58. The first-order chi connectivity index (χ1) is 10.5. The van der Waals surface area contributed by atoms with Crippen LogP contribution in [0.2, 0.25) is 0 Å². The molecule has 6 heteroatoms. The molecule has 2 aromatic rings. The van der Waals surface area contributed by atoms with Crippen LogP contribution in [0.5, 0.6) is 0 Å². The molecule has 0 saturated carbocycles. The summed E-state index contributed by atoms with van der Waals surface area (Å²) in [5.41, 5.74) is 1.04. The molecule has 0 aliphatic rings. The van der Waals surface area contributed by atoms with E-state index in [-0.39, 0.29) is 24.2 Å². The van der Waals surface area contributed by atoms with Crippen molar-refractivity contribution >= 4 is 28.6 Å². The van der Waals surface area contributed by atoms with Gasteiger partial charge in [-0.25, -0.2) is 4.79 Å². The minimum absolute atomic E-state index is 0.0669. The molecule has 2 N–H and O–H groups in total. The van der Waals surface area contributed by atoms with E-state index in [1.807, 2.05) is 24.3 Å². The number of Topliss-reactive ketones (excluding diaryl/α,β-unsaturated/α-hetero) is 1. The van der Waals surface area contributed by atoms with Gasteiger partial charge in [0.25, 0.3) is 5.91 Å². The minimum atomic E-state index is -1.16. The molecule has 0 unspecified atom stereocenters. The molecule has 114 valence electrons. The van der Waals surface area contributed by atoms with Crippen LogP contribution in [0.1, 0.15) is 30.1 Å². The summed E-state index contributed by atoms with van der Waals surface area (Å²) in [5.74, 6) is -1.80. The van der Waals surface area contributed by atoms with Crippen molar-refractivity contribution < 1.29 is 19.5 Å². The number of fused-ring (bicyclic) bond motifs is 1. The monoisotopic (exact) mass is 300 g/mol. The van der Waals surface area contributed by atoms with E-state index in [0.717, 1.165) is 10.9 Å². The molecule has 0 bridgehead atoms. The van der Waals surface area contributed by atoms with E-state index in [2.05, 4.69) is 10.3 Å². The van der Waals surface area contributed by atoms with Crippen molar-refractivity contribution in [3.63, 3.8) is 0 Å². The summed E-state index contributed by atoms with van der Waals surface area (Å²) in [5, 5.41) is 12.3. The summed E-state index contributed by atoms with van der Waals surface area (Å²) in [6.45, 7) is 1.38. The van der Waals surface area contributed by atoms with Gasteiger partial charge in [0, 0.05) is 18.0 Å². The zero-order valence-corrected chi connectivity index (χ0v) is 12.1. The second-order valence-corrected chi connectivity index (χ2v) is 5.02. The van der Waals surface area contributed by atoms with Crippen molar-refractivity contribution in [2.75, 3.05) is 0 Å². The van der Waals surface area contributed by atoms with Gasteiger partial charge < -0.3 is 15.2 Å². The number of benzene rings is 1. The number of carboxylic acids is 1. The van der Waals surface area contributed by atoms with Crippen molar-refractivity contribution in [2.45, 2.75) is 25.8 Å². The smallest absolute Gasteiger partial charge is 0.326 e. The maximum atomic E-state index is 12.1. The van der Waals surface area contributed by atoms with Crippen molar-refractivity contribution in [1.82, 2.24) is 10.3 Å². The third kappa shape index (κ3) is 3.88. The Kier molecular flexibility index (Phi) is 4.83. The van der Waals surface area contributed by atoms with Crippen LogP contribution in [0.3, 0.4) is 0 Å². The number of amides is 1. The third-order valence-electron chi connectivity index (χ3n) is 3.24. The normalized spacial score (nSPS) is 11.9. The molecular weight excluding hydrogens is 284 g/mol. The predicted molar refractivity (Wildman–Crippen MR) is 80.5 cm³/mol. The number of pyridine rings is 1. The van der Waals surface area contributed by atoms with Gasteiger partial charge in [0.2, 0.25) is 0 Å². The molecule has 0 saturated heterocycles. The fourth-order valence-corrected chi connectivity index (χ4v) is 2.04. The Hall–Kier alpha value is -2.76. The van der Waals surface area contributed by atoms with Crippen molar-refractivity contribution in [2.24, 2.45) is 0 Å². The molecule has 0 aliphatic carbocycles. The van der Waals surface area contributed by atoms with Gasteiger partial charge in [0.15, 0.2) is 0 Å². The molecule has 1 atom stereocenters. The Bertz CT molecular complexity index is 727.